The van der Waals surface area contributed by atoms with Crippen LogP contribution >= 0.6 is 0 Å². The number of nitrogens with zero attached hydrogens (tertiary/aromatic N) is 1. The van der Waals surface area contributed by atoms with Crippen molar-refractivity contribution in [3.63, 3.8) is 0 Å². The summed E-state index contributed by atoms with van der Waals surface area (Å²) in [7, 11) is 0. The van der Waals surface area contributed by atoms with Gasteiger partial charge in [0.1, 0.15) is 5.82 Å². The number of carboxylic acid groups (broad SMARTS) is 1. The number of aromatic carboxylic acids is 1. The fourth-order valence-corrected chi connectivity index (χ4v) is 6.09. The second-order valence-corrected chi connectivity index (χ2v) is 10.2. The third kappa shape index (κ3) is 4.26. The first-order valence-corrected chi connectivity index (χ1v) is 12.2. The van der Waals surface area contributed by atoms with Gasteiger partial charge in [0.25, 0.3) is 0 Å². The fourth-order valence-electron chi connectivity index (χ4n) is 6.09. The standard InChI is InChI=1S/C29H26F5NO2/c1-27(31,29(32,33)34)21-7-12-24-20(16-21)6-13-25-28(24,17-18-2-8-22(30)9-3-18)14-15-35(25)23-10-4-19(5-11-23)26(36)37/h2-5,7-12,16,25H,6,13-15,17H2,1H3,(H,36,37)/t25-,27?,28-/m1/s1. The second kappa shape index (κ2) is 8.85. The molecule has 1 N–H and O–H groups in total. The highest BCUT2D eigenvalue weighted by Crippen LogP contribution is 2.51. The van der Waals surface area contributed by atoms with Gasteiger partial charge in [-0.25, -0.2) is 13.6 Å². The molecule has 0 bridgehead atoms. The van der Waals surface area contributed by atoms with Crippen molar-refractivity contribution >= 4 is 11.7 Å². The van der Waals surface area contributed by atoms with Gasteiger partial charge in [0.05, 0.1) is 5.56 Å². The number of hydrogen-bond donors (Lipinski definition) is 1. The van der Waals surface area contributed by atoms with E-state index in [0.717, 1.165) is 16.8 Å². The van der Waals surface area contributed by atoms with Crippen LogP contribution in [0.4, 0.5) is 27.6 Å². The van der Waals surface area contributed by atoms with Crippen LogP contribution in [0.2, 0.25) is 0 Å². The predicted octanol–water partition coefficient (Wildman–Crippen LogP) is 6.98. The molecule has 1 aliphatic carbocycles. The van der Waals surface area contributed by atoms with E-state index < -0.39 is 28.8 Å². The zero-order valence-electron chi connectivity index (χ0n) is 20.2. The lowest BCUT2D eigenvalue weighted by Crippen LogP contribution is -2.48. The van der Waals surface area contributed by atoms with Crippen LogP contribution in [0.1, 0.15) is 52.4 Å². The Bertz CT molecular complexity index is 1320. The summed E-state index contributed by atoms with van der Waals surface area (Å²) in [5.41, 5.74) is -0.820. The average molecular weight is 516 g/mol. The third-order valence-corrected chi connectivity index (χ3v) is 8.09. The van der Waals surface area contributed by atoms with E-state index in [4.69, 9.17) is 0 Å². The van der Waals surface area contributed by atoms with Crippen LogP contribution in [-0.4, -0.2) is 29.8 Å². The molecular formula is C29H26F5NO2. The molecule has 0 spiro atoms. The molecule has 1 unspecified atom stereocenters. The van der Waals surface area contributed by atoms with Gasteiger partial charge in [-0.2, -0.15) is 13.2 Å². The fraction of sp³-hybridized carbons (Fsp3) is 0.345. The zero-order valence-corrected chi connectivity index (χ0v) is 20.2. The summed E-state index contributed by atoms with van der Waals surface area (Å²) in [6.45, 7) is 1.20. The van der Waals surface area contributed by atoms with E-state index in [0.29, 0.717) is 44.7 Å². The molecule has 1 heterocycles. The Hall–Kier alpha value is -3.42. The van der Waals surface area contributed by atoms with Crippen molar-refractivity contribution in [2.45, 2.75) is 55.9 Å². The van der Waals surface area contributed by atoms with Gasteiger partial charge in [0.2, 0.25) is 5.67 Å². The smallest absolute Gasteiger partial charge is 0.426 e. The Morgan fingerprint density at radius 3 is 2.32 bits per heavy atom. The summed E-state index contributed by atoms with van der Waals surface area (Å²) in [6, 6.07) is 17.1. The molecule has 0 aromatic heterocycles. The molecule has 194 valence electrons. The van der Waals surface area contributed by atoms with Crippen molar-refractivity contribution < 1.29 is 31.9 Å². The second-order valence-electron chi connectivity index (χ2n) is 10.2. The van der Waals surface area contributed by atoms with Crippen LogP contribution in [-0.2, 0) is 23.9 Å². The highest BCUT2D eigenvalue weighted by molar-refractivity contribution is 5.88. The van der Waals surface area contributed by atoms with E-state index in [9.17, 15) is 31.9 Å². The molecule has 0 amide bonds. The lowest BCUT2D eigenvalue weighted by molar-refractivity contribution is -0.228. The highest BCUT2D eigenvalue weighted by atomic mass is 19.4. The van der Waals surface area contributed by atoms with Crippen molar-refractivity contribution in [3.8, 4) is 0 Å². The maximum absolute atomic E-state index is 14.8. The van der Waals surface area contributed by atoms with E-state index in [1.54, 1.807) is 42.5 Å². The minimum absolute atomic E-state index is 0.0223. The number of fused-ring (bicyclic) bond motifs is 3. The van der Waals surface area contributed by atoms with Crippen molar-refractivity contribution in [3.05, 3.63) is 100 Å². The Kier molecular flexibility index (Phi) is 6.04. The normalized spacial score (nSPS) is 22.8. The molecule has 0 saturated carbocycles. The number of carboxylic acids is 1. The summed E-state index contributed by atoms with van der Waals surface area (Å²) in [6.07, 6.45) is -2.69. The van der Waals surface area contributed by atoms with Crippen LogP contribution in [0.5, 0.6) is 0 Å². The Balaban J connectivity index is 1.58. The molecule has 37 heavy (non-hydrogen) atoms. The molecule has 1 aliphatic heterocycles. The SMILES string of the molecule is CC(F)(c1ccc2c(c1)CC[C@H]1N(c3ccc(C(=O)O)cc3)CC[C@@]21Cc1ccc(F)cc1)C(F)(F)F. The number of anilines is 1. The number of halogens is 5. The van der Waals surface area contributed by atoms with E-state index in [1.807, 2.05) is 0 Å². The minimum atomic E-state index is -5.03. The highest BCUT2D eigenvalue weighted by Gasteiger charge is 2.55. The van der Waals surface area contributed by atoms with Crippen LogP contribution in [0, 0.1) is 5.82 Å². The summed E-state index contributed by atoms with van der Waals surface area (Å²) in [5, 5.41) is 9.25. The van der Waals surface area contributed by atoms with Crippen molar-refractivity contribution in [2.24, 2.45) is 0 Å². The molecular weight excluding hydrogens is 489 g/mol. The van der Waals surface area contributed by atoms with E-state index >= 15 is 0 Å². The molecule has 3 atom stereocenters. The zero-order chi connectivity index (χ0) is 26.6. The van der Waals surface area contributed by atoms with Gasteiger partial charge in [-0.1, -0.05) is 30.3 Å². The monoisotopic (exact) mass is 515 g/mol. The van der Waals surface area contributed by atoms with Crippen LogP contribution in [0.15, 0.2) is 66.7 Å². The van der Waals surface area contributed by atoms with Crippen LogP contribution < -0.4 is 4.90 Å². The molecule has 5 rings (SSSR count). The lowest BCUT2D eigenvalue weighted by atomic mass is 9.63. The summed E-state index contributed by atoms with van der Waals surface area (Å²) in [5.74, 6) is -1.37. The van der Waals surface area contributed by atoms with Gasteiger partial charge in [0.15, 0.2) is 0 Å². The number of carbonyl (C=O) groups is 1. The molecule has 0 radical (unpaired) electrons. The maximum Gasteiger partial charge on any atom is 0.426 e. The molecule has 1 saturated heterocycles. The van der Waals surface area contributed by atoms with Gasteiger partial charge in [0, 0.05) is 23.7 Å². The topological polar surface area (TPSA) is 40.5 Å². The first-order valence-electron chi connectivity index (χ1n) is 12.2. The number of aryl methyl sites for hydroxylation is 1. The number of rotatable bonds is 5. The number of hydrogen-bond acceptors (Lipinski definition) is 2. The lowest BCUT2D eigenvalue weighted by Gasteiger charge is -2.44. The maximum atomic E-state index is 14.8. The van der Waals surface area contributed by atoms with E-state index in [1.165, 1.54) is 24.3 Å². The number of benzene rings is 3. The Morgan fingerprint density at radius 2 is 1.70 bits per heavy atom. The van der Waals surface area contributed by atoms with Gasteiger partial charge in [-0.3, -0.25) is 0 Å². The molecule has 3 aromatic carbocycles. The predicted molar refractivity (Wildman–Crippen MR) is 130 cm³/mol. The van der Waals surface area contributed by atoms with Gasteiger partial charge < -0.3 is 10.0 Å². The van der Waals surface area contributed by atoms with Crippen molar-refractivity contribution in [1.29, 1.82) is 0 Å². The first kappa shape index (κ1) is 25.2. The minimum Gasteiger partial charge on any atom is -0.478 e. The van der Waals surface area contributed by atoms with E-state index in [-0.39, 0.29) is 17.4 Å². The van der Waals surface area contributed by atoms with Crippen LogP contribution in [0.3, 0.4) is 0 Å². The first-order chi connectivity index (χ1) is 17.4. The number of alkyl halides is 4. The van der Waals surface area contributed by atoms with Crippen molar-refractivity contribution in [1.82, 2.24) is 0 Å². The van der Waals surface area contributed by atoms with Crippen LogP contribution in [0.25, 0.3) is 0 Å². The Labute approximate surface area is 211 Å². The molecule has 8 heteroatoms. The van der Waals surface area contributed by atoms with E-state index in [2.05, 4.69) is 4.90 Å². The molecule has 3 nitrogen and oxygen atoms in total. The summed E-state index contributed by atoms with van der Waals surface area (Å²) >= 11 is 0. The van der Waals surface area contributed by atoms with Gasteiger partial charge in [-0.15, -0.1) is 0 Å². The summed E-state index contributed by atoms with van der Waals surface area (Å²) in [4.78, 5) is 13.5. The van der Waals surface area contributed by atoms with Gasteiger partial charge in [-0.05, 0) is 91.3 Å². The Morgan fingerprint density at radius 1 is 1.03 bits per heavy atom. The van der Waals surface area contributed by atoms with Gasteiger partial charge >= 0.3 is 12.1 Å². The largest absolute Gasteiger partial charge is 0.478 e. The average Bonchev–Trinajstić information content (AvgIpc) is 3.24. The molecule has 2 aliphatic rings. The quantitative estimate of drug-likeness (QED) is 0.373. The molecule has 1 fully saturated rings. The molecule has 3 aromatic rings. The van der Waals surface area contributed by atoms with Crippen molar-refractivity contribution in [2.75, 3.05) is 11.4 Å². The summed E-state index contributed by atoms with van der Waals surface area (Å²) < 4.78 is 68.7. The third-order valence-electron chi connectivity index (χ3n) is 8.09.